The van der Waals surface area contributed by atoms with E-state index in [0.29, 0.717) is 25.0 Å². The summed E-state index contributed by atoms with van der Waals surface area (Å²) in [6.07, 6.45) is 5.20. The Morgan fingerprint density at radius 1 is 1.20 bits per heavy atom. The molecule has 1 heterocycles. The zero-order valence-electron chi connectivity index (χ0n) is 18.1. The molecule has 0 radical (unpaired) electrons. The Balaban J connectivity index is 0.00000320. The van der Waals surface area contributed by atoms with E-state index in [9.17, 15) is 9.59 Å². The van der Waals surface area contributed by atoms with Crippen LogP contribution in [0.25, 0.3) is 0 Å². The number of aliphatic imine (C=N–C) groups is 1. The third-order valence-electron chi connectivity index (χ3n) is 5.93. The van der Waals surface area contributed by atoms with Gasteiger partial charge in [0.1, 0.15) is 6.54 Å². The number of carbonyl (C=O) groups excluding carboxylic acids is 2. The molecule has 1 aromatic carbocycles. The zero-order valence-corrected chi connectivity index (χ0v) is 20.5. The van der Waals surface area contributed by atoms with Gasteiger partial charge in [0.05, 0.1) is 6.04 Å². The molecule has 2 fully saturated rings. The average Bonchev–Trinajstić information content (AvgIpc) is 3.32. The van der Waals surface area contributed by atoms with Crippen LogP contribution in [0.3, 0.4) is 0 Å². The van der Waals surface area contributed by atoms with Crippen molar-refractivity contribution in [2.24, 2.45) is 10.9 Å². The van der Waals surface area contributed by atoms with Gasteiger partial charge in [-0.2, -0.15) is 0 Å². The normalized spacial score (nSPS) is 22.0. The SMILES string of the molecule is CN(C)C(=O)CN=C(NCC1CC(=O)N(C)C1c1ccccc1)NC1CCCC1.I. The van der Waals surface area contributed by atoms with Crippen molar-refractivity contribution in [3.8, 4) is 0 Å². The molecule has 3 rings (SSSR count). The van der Waals surface area contributed by atoms with Crippen molar-refractivity contribution >= 4 is 41.8 Å². The number of nitrogens with zero attached hydrogens (tertiary/aromatic N) is 3. The van der Waals surface area contributed by atoms with E-state index in [1.54, 1.807) is 19.0 Å². The number of guanidine groups is 1. The van der Waals surface area contributed by atoms with Crippen molar-refractivity contribution in [1.82, 2.24) is 20.4 Å². The largest absolute Gasteiger partial charge is 0.356 e. The second kappa shape index (κ2) is 11.5. The first-order valence-corrected chi connectivity index (χ1v) is 10.5. The van der Waals surface area contributed by atoms with Gasteiger partial charge in [-0.25, -0.2) is 4.99 Å². The Labute approximate surface area is 196 Å². The number of benzene rings is 1. The van der Waals surface area contributed by atoms with E-state index in [-0.39, 0.29) is 54.3 Å². The minimum absolute atomic E-state index is 0. The lowest BCUT2D eigenvalue weighted by molar-refractivity contribution is -0.128. The minimum Gasteiger partial charge on any atom is -0.356 e. The summed E-state index contributed by atoms with van der Waals surface area (Å²) < 4.78 is 0. The predicted molar refractivity (Wildman–Crippen MR) is 130 cm³/mol. The highest BCUT2D eigenvalue weighted by atomic mass is 127. The third kappa shape index (κ3) is 6.33. The van der Waals surface area contributed by atoms with E-state index in [1.807, 2.05) is 30.1 Å². The molecule has 2 unspecified atom stereocenters. The fourth-order valence-corrected chi connectivity index (χ4v) is 4.21. The standard InChI is InChI=1S/C22H33N5O2.HI/c1-26(2)20(29)15-24-22(25-18-11-7-8-12-18)23-14-17-13-19(28)27(3)21(17)16-9-5-4-6-10-16;/h4-6,9-10,17-18,21H,7-8,11-15H2,1-3H3,(H2,23,24,25);1H. The van der Waals surface area contributed by atoms with Crippen molar-refractivity contribution < 1.29 is 9.59 Å². The smallest absolute Gasteiger partial charge is 0.243 e. The number of amides is 2. The van der Waals surface area contributed by atoms with E-state index in [0.717, 1.165) is 18.4 Å². The van der Waals surface area contributed by atoms with Gasteiger partial charge in [-0.3, -0.25) is 9.59 Å². The molecule has 1 saturated carbocycles. The Kier molecular flexibility index (Phi) is 9.38. The minimum atomic E-state index is -0.0320. The van der Waals surface area contributed by atoms with Crippen LogP contribution >= 0.6 is 24.0 Å². The van der Waals surface area contributed by atoms with Gasteiger partial charge in [-0.05, 0) is 18.4 Å². The summed E-state index contributed by atoms with van der Waals surface area (Å²) in [5.41, 5.74) is 1.15. The first-order chi connectivity index (χ1) is 14.0. The van der Waals surface area contributed by atoms with Crippen molar-refractivity contribution in [1.29, 1.82) is 0 Å². The van der Waals surface area contributed by atoms with Gasteiger partial charge in [-0.1, -0.05) is 43.2 Å². The number of likely N-dealkylation sites (N-methyl/N-ethyl adjacent to an activating group) is 1. The lowest BCUT2D eigenvalue weighted by atomic mass is 9.93. The van der Waals surface area contributed by atoms with Gasteiger partial charge in [-0.15, -0.1) is 24.0 Å². The Morgan fingerprint density at radius 2 is 1.87 bits per heavy atom. The molecule has 166 valence electrons. The van der Waals surface area contributed by atoms with Crippen LogP contribution in [-0.4, -0.2) is 67.8 Å². The summed E-state index contributed by atoms with van der Waals surface area (Å²) in [5, 5.41) is 6.89. The Morgan fingerprint density at radius 3 is 2.50 bits per heavy atom. The summed E-state index contributed by atoms with van der Waals surface area (Å²) >= 11 is 0. The lowest BCUT2D eigenvalue weighted by Crippen LogP contribution is -2.45. The number of carbonyl (C=O) groups is 2. The highest BCUT2D eigenvalue weighted by molar-refractivity contribution is 14.0. The molecule has 1 aliphatic carbocycles. The topological polar surface area (TPSA) is 77.0 Å². The van der Waals surface area contributed by atoms with Crippen LogP contribution in [0.1, 0.15) is 43.7 Å². The number of hydrogen-bond acceptors (Lipinski definition) is 3. The molecule has 2 atom stereocenters. The van der Waals surface area contributed by atoms with E-state index in [4.69, 9.17) is 0 Å². The summed E-state index contributed by atoms with van der Waals surface area (Å²) in [7, 11) is 5.35. The molecule has 1 aliphatic heterocycles. The molecule has 1 aromatic rings. The molecule has 1 saturated heterocycles. The lowest BCUT2D eigenvalue weighted by Gasteiger charge is -2.26. The molecule has 8 heteroatoms. The Bertz CT molecular complexity index is 734. The highest BCUT2D eigenvalue weighted by Gasteiger charge is 2.38. The molecule has 2 N–H and O–H groups in total. The molecule has 2 amide bonds. The number of halogens is 1. The van der Waals surface area contributed by atoms with Gasteiger partial charge < -0.3 is 20.4 Å². The fourth-order valence-electron chi connectivity index (χ4n) is 4.21. The fraction of sp³-hybridized carbons (Fsp3) is 0.591. The Hall–Kier alpha value is -1.84. The van der Waals surface area contributed by atoms with Gasteiger partial charge in [0, 0.05) is 46.1 Å². The van der Waals surface area contributed by atoms with Gasteiger partial charge in [0.15, 0.2) is 5.96 Å². The molecule has 7 nitrogen and oxygen atoms in total. The van der Waals surface area contributed by atoms with Gasteiger partial charge in [0.2, 0.25) is 11.8 Å². The van der Waals surface area contributed by atoms with E-state index in [2.05, 4.69) is 27.8 Å². The first kappa shape index (κ1) is 24.4. The molecule has 0 bridgehead atoms. The van der Waals surface area contributed by atoms with Crippen molar-refractivity contribution in [3.63, 3.8) is 0 Å². The summed E-state index contributed by atoms with van der Waals surface area (Å²) in [5.74, 6) is 0.946. The second-order valence-corrected chi connectivity index (χ2v) is 8.28. The summed E-state index contributed by atoms with van der Waals surface area (Å²) in [6, 6.07) is 10.6. The van der Waals surface area contributed by atoms with Crippen molar-refractivity contribution in [2.45, 2.75) is 44.2 Å². The molecular weight excluding hydrogens is 493 g/mol. The zero-order chi connectivity index (χ0) is 20.8. The monoisotopic (exact) mass is 527 g/mol. The van der Waals surface area contributed by atoms with E-state index >= 15 is 0 Å². The van der Waals surface area contributed by atoms with Crippen LogP contribution < -0.4 is 10.6 Å². The van der Waals surface area contributed by atoms with Crippen LogP contribution in [0, 0.1) is 5.92 Å². The van der Waals surface area contributed by atoms with E-state index in [1.165, 1.54) is 12.8 Å². The van der Waals surface area contributed by atoms with Crippen molar-refractivity contribution in [2.75, 3.05) is 34.2 Å². The molecule has 0 spiro atoms. The van der Waals surface area contributed by atoms with E-state index < -0.39 is 0 Å². The van der Waals surface area contributed by atoms with Crippen LogP contribution in [0.5, 0.6) is 0 Å². The van der Waals surface area contributed by atoms with Crippen LogP contribution in [-0.2, 0) is 9.59 Å². The number of rotatable bonds is 6. The van der Waals surface area contributed by atoms with Gasteiger partial charge >= 0.3 is 0 Å². The van der Waals surface area contributed by atoms with Crippen LogP contribution in [0.2, 0.25) is 0 Å². The number of hydrogen-bond donors (Lipinski definition) is 2. The maximum absolute atomic E-state index is 12.4. The predicted octanol–water partition coefficient (Wildman–Crippen LogP) is 2.39. The van der Waals surface area contributed by atoms with Crippen LogP contribution in [0.15, 0.2) is 35.3 Å². The second-order valence-electron chi connectivity index (χ2n) is 8.28. The summed E-state index contributed by atoms with van der Waals surface area (Å²) in [4.78, 5) is 32.3. The average molecular weight is 527 g/mol. The maximum Gasteiger partial charge on any atom is 0.243 e. The molecule has 0 aromatic heterocycles. The van der Waals surface area contributed by atoms with Gasteiger partial charge in [0.25, 0.3) is 0 Å². The number of nitrogens with one attached hydrogen (secondary N) is 2. The quantitative estimate of drug-likeness (QED) is 0.339. The first-order valence-electron chi connectivity index (χ1n) is 10.5. The highest BCUT2D eigenvalue weighted by Crippen LogP contribution is 2.36. The van der Waals surface area contributed by atoms with Crippen molar-refractivity contribution in [3.05, 3.63) is 35.9 Å². The maximum atomic E-state index is 12.4. The van der Waals surface area contributed by atoms with Crippen LogP contribution in [0.4, 0.5) is 0 Å². The number of likely N-dealkylation sites (tertiary alicyclic amines) is 1. The summed E-state index contributed by atoms with van der Waals surface area (Å²) in [6.45, 7) is 0.741. The molecule has 2 aliphatic rings. The molecular formula is C22H34IN5O2. The third-order valence-corrected chi connectivity index (χ3v) is 5.93. The molecule has 30 heavy (non-hydrogen) atoms.